The van der Waals surface area contributed by atoms with Crippen LogP contribution < -0.4 is 20.5 Å². The second-order valence-electron chi connectivity index (χ2n) is 7.87. The fourth-order valence-electron chi connectivity index (χ4n) is 3.53. The van der Waals surface area contributed by atoms with Gasteiger partial charge in [0, 0.05) is 5.70 Å². The van der Waals surface area contributed by atoms with E-state index in [-0.39, 0.29) is 17.9 Å². The Labute approximate surface area is 162 Å². The Kier molecular flexibility index (Phi) is 7.34. The number of rotatable bonds is 9. The van der Waals surface area contributed by atoms with Crippen LogP contribution in [0.5, 0.6) is 11.5 Å². The molecule has 0 saturated heterocycles. The van der Waals surface area contributed by atoms with Gasteiger partial charge in [-0.3, -0.25) is 4.79 Å². The number of nitrogens with one attached hydrogen (secondary N) is 1. The molecule has 0 radical (unpaired) electrons. The van der Waals surface area contributed by atoms with Gasteiger partial charge in [-0.25, -0.2) is 0 Å². The Bertz CT molecular complexity index is 720. The molecular formula is C22H32N2O3. The summed E-state index contributed by atoms with van der Waals surface area (Å²) in [6.07, 6.45) is 9.53. The molecule has 0 bridgehead atoms. The van der Waals surface area contributed by atoms with Crippen LogP contribution in [0.3, 0.4) is 0 Å². The number of carbonyl (C=O) groups is 1. The number of primary amides is 1. The van der Waals surface area contributed by atoms with Gasteiger partial charge < -0.3 is 20.5 Å². The summed E-state index contributed by atoms with van der Waals surface area (Å²) < 4.78 is 10.7. The molecule has 27 heavy (non-hydrogen) atoms. The van der Waals surface area contributed by atoms with Crippen LogP contribution >= 0.6 is 0 Å². The molecule has 2 rings (SSSR count). The second-order valence-corrected chi connectivity index (χ2v) is 7.87. The fraction of sp³-hybridized carbons (Fsp3) is 0.500. The Morgan fingerprint density at radius 3 is 2.63 bits per heavy atom. The van der Waals surface area contributed by atoms with E-state index in [2.05, 4.69) is 37.4 Å². The normalized spacial score (nSPS) is 17.3. The summed E-state index contributed by atoms with van der Waals surface area (Å²) in [5, 5.41) is 3.17. The van der Waals surface area contributed by atoms with E-state index < -0.39 is 0 Å². The number of allylic oxidation sites excluding steroid dienone is 4. The molecule has 0 atom stereocenters. The second kappa shape index (κ2) is 9.49. The maximum absolute atomic E-state index is 11.0. The van der Waals surface area contributed by atoms with Gasteiger partial charge >= 0.3 is 0 Å². The number of unbranched alkanes of at least 4 members (excludes halogenated alkanes) is 1. The summed E-state index contributed by atoms with van der Waals surface area (Å²) in [6, 6.07) is 6.08. The van der Waals surface area contributed by atoms with Crippen LogP contribution in [0.25, 0.3) is 0 Å². The number of aryl methyl sites for hydroxylation is 1. The van der Waals surface area contributed by atoms with Crippen LogP contribution in [0.1, 0.15) is 45.1 Å². The van der Waals surface area contributed by atoms with Crippen molar-refractivity contribution >= 4 is 5.91 Å². The van der Waals surface area contributed by atoms with E-state index >= 15 is 0 Å². The molecule has 0 aliphatic heterocycles. The van der Waals surface area contributed by atoms with E-state index in [9.17, 15) is 4.79 Å². The van der Waals surface area contributed by atoms with Crippen molar-refractivity contribution in [3.63, 3.8) is 0 Å². The average Bonchev–Trinajstić information content (AvgIpc) is 2.62. The van der Waals surface area contributed by atoms with Crippen LogP contribution in [0.4, 0.5) is 0 Å². The Hall–Kier alpha value is -2.43. The van der Waals surface area contributed by atoms with Crippen molar-refractivity contribution in [2.24, 2.45) is 11.1 Å². The third kappa shape index (κ3) is 6.66. The third-order valence-corrected chi connectivity index (χ3v) is 4.73. The van der Waals surface area contributed by atoms with Gasteiger partial charge in [-0.15, -0.1) is 0 Å². The molecule has 1 aromatic rings. The van der Waals surface area contributed by atoms with Crippen LogP contribution in [0.2, 0.25) is 0 Å². The Balaban J connectivity index is 1.94. The summed E-state index contributed by atoms with van der Waals surface area (Å²) in [5.74, 6) is 1.20. The number of hydrogen-bond donors (Lipinski definition) is 2. The fourth-order valence-corrected chi connectivity index (χ4v) is 3.53. The summed E-state index contributed by atoms with van der Waals surface area (Å²) in [5.41, 5.74) is 9.09. The molecule has 1 aromatic carbocycles. The van der Waals surface area contributed by atoms with Crippen molar-refractivity contribution < 1.29 is 14.3 Å². The lowest BCUT2D eigenvalue weighted by Crippen LogP contribution is -2.31. The van der Waals surface area contributed by atoms with Crippen molar-refractivity contribution in [2.45, 2.75) is 46.0 Å². The van der Waals surface area contributed by atoms with Gasteiger partial charge in [0.25, 0.3) is 0 Å². The zero-order valence-corrected chi connectivity index (χ0v) is 16.9. The predicted molar refractivity (Wildman–Crippen MR) is 109 cm³/mol. The molecule has 0 fully saturated rings. The maximum Gasteiger partial charge on any atom is 0.236 e. The van der Waals surface area contributed by atoms with E-state index in [0.29, 0.717) is 0 Å². The van der Waals surface area contributed by atoms with E-state index in [1.165, 1.54) is 11.1 Å². The maximum atomic E-state index is 11.0. The Morgan fingerprint density at radius 1 is 1.22 bits per heavy atom. The third-order valence-electron chi connectivity index (χ3n) is 4.73. The van der Waals surface area contributed by atoms with Gasteiger partial charge in [-0.05, 0) is 66.9 Å². The van der Waals surface area contributed by atoms with Crippen LogP contribution in [0.15, 0.2) is 41.6 Å². The molecule has 0 aromatic heterocycles. The number of methoxy groups -OCH3 is 2. The van der Waals surface area contributed by atoms with Crippen molar-refractivity contribution in [2.75, 3.05) is 20.8 Å². The van der Waals surface area contributed by atoms with Crippen molar-refractivity contribution in [3.05, 3.63) is 47.2 Å². The van der Waals surface area contributed by atoms with Gasteiger partial charge in [0.1, 0.15) is 0 Å². The standard InChI is InChI=1S/C22H32N2O3/c1-22(2)13-17(11-18(14-22)24-15-21(23)25)8-6-5-7-16-9-10-19(26-3)20(12-16)27-4/h8-12,24H,5-7,13-15H2,1-4H3,(H2,23,25)/b17-8-. The number of ether oxygens (including phenoxy) is 2. The topological polar surface area (TPSA) is 73.6 Å². The molecule has 1 aliphatic carbocycles. The van der Waals surface area contributed by atoms with Crippen molar-refractivity contribution in [1.82, 2.24) is 5.32 Å². The lowest BCUT2D eigenvalue weighted by molar-refractivity contribution is -0.117. The highest BCUT2D eigenvalue weighted by molar-refractivity contribution is 5.76. The summed E-state index contributed by atoms with van der Waals surface area (Å²) >= 11 is 0. The van der Waals surface area contributed by atoms with E-state index in [4.69, 9.17) is 15.2 Å². The number of benzene rings is 1. The first-order chi connectivity index (χ1) is 12.8. The highest BCUT2D eigenvalue weighted by atomic mass is 16.5. The van der Waals surface area contributed by atoms with Crippen molar-refractivity contribution in [1.29, 1.82) is 0 Å². The molecule has 148 valence electrons. The summed E-state index contributed by atoms with van der Waals surface area (Å²) in [4.78, 5) is 11.0. The van der Waals surface area contributed by atoms with Crippen LogP contribution in [0, 0.1) is 5.41 Å². The molecule has 3 N–H and O–H groups in total. The molecule has 0 heterocycles. The number of amides is 1. The lowest BCUT2D eigenvalue weighted by atomic mass is 9.77. The van der Waals surface area contributed by atoms with Gasteiger partial charge in [0.2, 0.25) is 5.91 Å². The molecular weight excluding hydrogens is 340 g/mol. The summed E-state index contributed by atoms with van der Waals surface area (Å²) in [6.45, 7) is 4.70. The van der Waals surface area contributed by atoms with Gasteiger partial charge in [-0.1, -0.05) is 26.0 Å². The highest BCUT2D eigenvalue weighted by Gasteiger charge is 2.25. The molecule has 0 spiro atoms. The largest absolute Gasteiger partial charge is 0.493 e. The van der Waals surface area contributed by atoms with Crippen molar-refractivity contribution in [3.8, 4) is 11.5 Å². The molecule has 5 nitrogen and oxygen atoms in total. The molecule has 1 amide bonds. The molecule has 1 aliphatic rings. The zero-order valence-electron chi connectivity index (χ0n) is 16.9. The average molecular weight is 373 g/mol. The molecule has 0 unspecified atom stereocenters. The molecule has 5 heteroatoms. The van der Waals surface area contributed by atoms with E-state index in [0.717, 1.165) is 49.3 Å². The minimum absolute atomic E-state index is 0.184. The minimum Gasteiger partial charge on any atom is -0.493 e. The van der Waals surface area contributed by atoms with Gasteiger partial charge in [0.05, 0.1) is 20.8 Å². The smallest absolute Gasteiger partial charge is 0.236 e. The van der Waals surface area contributed by atoms with Gasteiger partial charge in [0.15, 0.2) is 11.5 Å². The molecule has 0 saturated carbocycles. The predicted octanol–water partition coefficient (Wildman–Crippen LogP) is 3.73. The van der Waals surface area contributed by atoms with Gasteiger partial charge in [-0.2, -0.15) is 0 Å². The first-order valence-corrected chi connectivity index (χ1v) is 9.45. The van der Waals surface area contributed by atoms with E-state index in [1.807, 2.05) is 12.1 Å². The van der Waals surface area contributed by atoms with E-state index in [1.54, 1.807) is 14.2 Å². The monoisotopic (exact) mass is 372 g/mol. The Morgan fingerprint density at radius 2 is 1.96 bits per heavy atom. The number of carbonyl (C=O) groups excluding carboxylic acids is 1. The zero-order chi connectivity index (χ0) is 19.9. The number of hydrogen-bond acceptors (Lipinski definition) is 4. The quantitative estimate of drug-likeness (QED) is 0.648. The van der Waals surface area contributed by atoms with Crippen LogP contribution in [-0.2, 0) is 11.2 Å². The number of nitrogens with two attached hydrogens (primary N) is 1. The highest BCUT2D eigenvalue weighted by Crippen LogP contribution is 2.37. The minimum atomic E-state index is -0.334. The SMILES string of the molecule is COc1ccc(CCC/C=C2/C=C(NCC(N)=O)CC(C)(C)C2)cc1OC. The van der Waals surface area contributed by atoms with Crippen LogP contribution in [-0.4, -0.2) is 26.7 Å². The lowest BCUT2D eigenvalue weighted by Gasteiger charge is -2.31. The summed E-state index contributed by atoms with van der Waals surface area (Å²) in [7, 11) is 3.31. The first kappa shape index (κ1) is 20.9. The first-order valence-electron chi connectivity index (χ1n) is 9.45.